The number of anilines is 2. The maximum absolute atomic E-state index is 12.9. The summed E-state index contributed by atoms with van der Waals surface area (Å²) in [6.07, 6.45) is 1.47. The highest BCUT2D eigenvalue weighted by Gasteiger charge is 2.36. The highest BCUT2D eigenvalue weighted by molar-refractivity contribution is 7.92. The molecule has 1 aromatic heterocycles. The van der Waals surface area contributed by atoms with Crippen LogP contribution in [-0.4, -0.2) is 43.2 Å². The van der Waals surface area contributed by atoms with E-state index in [1.54, 1.807) is 30.3 Å². The first-order valence-electron chi connectivity index (χ1n) is 11.0. The Morgan fingerprint density at radius 1 is 0.971 bits per heavy atom. The molecule has 2 heterocycles. The van der Waals surface area contributed by atoms with Crippen molar-refractivity contribution in [2.45, 2.75) is 32.2 Å². The molecule has 176 valence electrons. The smallest absolute Gasteiger partial charge is 0.280 e. The average Bonchev–Trinajstić information content (AvgIpc) is 3.07. The number of carbonyl (C=O) groups is 2. The van der Waals surface area contributed by atoms with Crippen molar-refractivity contribution in [3.63, 3.8) is 0 Å². The molecule has 0 saturated carbocycles. The summed E-state index contributed by atoms with van der Waals surface area (Å²) >= 11 is 0. The summed E-state index contributed by atoms with van der Waals surface area (Å²) in [6, 6.07) is 14.9. The number of fused-ring (bicyclic) bond motifs is 1. The number of pyridine rings is 1. The van der Waals surface area contributed by atoms with E-state index < -0.39 is 21.8 Å². The van der Waals surface area contributed by atoms with Crippen molar-refractivity contribution in [1.29, 1.82) is 0 Å². The monoisotopic (exact) mass is 478 g/mol. The number of sulfonamides is 1. The molecular weight excluding hydrogens is 452 g/mol. The van der Waals surface area contributed by atoms with Crippen LogP contribution in [0, 0.1) is 6.92 Å². The van der Waals surface area contributed by atoms with Crippen LogP contribution in [-0.2, 0) is 16.6 Å². The molecule has 0 atom stereocenters. The van der Waals surface area contributed by atoms with Crippen LogP contribution in [0.5, 0.6) is 0 Å². The molecule has 34 heavy (non-hydrogen) atoms. The van der Waals surface area contributed by atoms with E-state index in [0.717, 1.165) is 29.2 Å². The fourth-order valence-corrected chi connectivity index (χ4v) is 5.10. The lowest BCUT2D eigenvalue weighted by atomic mass is 10.1. The predicted octanol–water partition coefficient (Wildman–Crippen LogP) is 3.83. The highest BCUT2D eigenvalue weighted by Crippen LogP contribution is 2.26. The zero-order chi connectivity index (χ0) is 24.5. The van der Waals surface area contributed by atoms with Gasteiger partial charge in [0.2, 0.25) is 0 Å². The van der Waals surface area contributed by atoms with Gasteiger partial charge >= 0.3 is 0 Å². The van der Waals surface area contributed by atoms with Crippen molar-refractivity contribution in [2.75, 3.05) is 22.7 Å². The second-order valence-corrected chi connectivity index (χ2v) is 9.70. The van der Waals surface area contributed by atoms with Crippen molar-refractivity contribution < 1.29 is 18.0 Å². The third kappa shape index (κ3) is 4.38. The van der Waals surface area contributed by atoms with Crippen molar-refractivity contribution in [1.82, 2.24) is 9.88 Å². The van der Waals surface area contributed by atoms with Gasteiger partial charge in [0, 0.05) is 25.0 Å². The molecule has 1 aliphatic heterocycles. The molecule has 0 aliphatic carbocycles. The van der Waals surface area contributed by atoms with E-state index in [1.165, 1.54) is 18.3 Å². The van der Waals surface area contributed by atoms with Gasteiger partial charge in [-0.1, -0.05) is 12.1 Å². The summed E-state index contributed by atoms with van der Waals surface area (Å²) in [7, 11) is -3.81. The Labute approximate surface area is 199 Å². The summed E-state index contributed by atoms with van der Waals surface area (Å²) in [5.74, 6) is -0.863. The molecule has 0 saturated heterocycles. The Balaban J connectivity index is 1.49. The molecule has 3 aromatic rings. The number of amides is 2. The first-order valence-corrected chi connectivity index (χ1v) is 12.5. The van der Waals surface area contributed by atoms with Gasteiger partial charge in [-0.25, -0.2) is 8.42 Å². The molecule has 2 aromatic carbocycles. The normalized spacial score (nSPS) is 13.2. The summed E-state index contributed by atoms with van der Waals surface area (Å²) in [4.78, 5) is 32.4. The number of aryl methyl sites for hydroxylation is 1. The van der Waals surface area contributed by atoms with Crippen LogP contribution in [0.1, 0.15) is 45.8 Å². The fraction of sp³-hybridized carbons (Fsp3) is 0.240. The zero-order valence-corrected chi connectivity index (χ0v) is 20.1. The number of aromatic nitrogens is 1. The SMILES string of the molecule is CCN(CC)c1ccc(NS(=O)(=O)c2ccc(CN3C(=O)c4cccnc4C3=O)cc2)c(C)c1. The third-order valence-corrected chi connectivity index (χ3v) is 7.27. The van der Waals surface area contributed by atoms with Gasteiger partial charge < -0.3 is 4.90 Å². The first-order chi connectivity index (χ1) is 16.2. The van der Waals surface area contributed by atoms with Gasteiger partial charge in [0.1, 0.15) is 5.69 Å². The Kier molecular flexibility index (Phi) is 6.39. The summed E-state index contributed by atoms with van der Waals surface area (Å²) in [6.45, 7) is 7.78. The van der Waals surface area contributed by atoms with Crippen LogP contribution in [0.3, 0.4) is 0 Å². The Hall–Kier alpha value is -3.72. The molecule has 9 heteroatoms. The lowest BCUT2D eigenvalue weighted by molar-refractivity contribution is 0.0640. The summed E-state index contributed by atoms with van der Waals surface area (Å²) in [5.41, 5.74) is 3.42. The van der Waals surface area contributed by atoms with E-state index >= 15 is 0 Å². The maximum atomic E-state index is 12.9. The number of benzene rings is 2. The van der Waals surface area contributed by atoms with E-state index in [0.29, 0.717) is 11.3 Å². The summed E-state index contributed by atoms with van der Waals surface area (Å²) < 4.78 is 28.5. The number of imide groups is 1. The van der Waals surface area contributed by atoms with E-state index in [9.17, 15) is 18.0 Å². The van der Waals surface area contributed by atoms with E-state index in [2.05, 4.69) is 28.5 Å². The molecule has 2 amide bonds. The van der Waals surface area contributed by atoms with Crippen LogP contribution < -0.4 is 9.62 Å². The number of nitrogens with zero attached hydrogens (tertiary/aromatic N) is 3. The van der Waals surface area contributed by atoms with Crippen LogP contribution in [0.4, 0.5) is 11.4 Å². The number of hydrogen-bond acceptors (Lipinski definition) is 6. The maximum Gasteiger partial charge on any atom is 0.280 e. The minimum Gasteiger partial charge on any atom is -0.372 e. The quantitative estimate of drug-likeness (QED) is 0.494. The van der Waals surface area contributed by atoms with Crippen LogP contribution in [0.25, 0.3) is 0 Å². The molecule has 0 spiro atoms. The largest absolute Gasteiger partial charge is 0.372 e. The fourth-order valence-electron chi connectivity index (χ4n) is 3.97. The Morgan fingerprint density at radius 3 is 2.29 bits per heavy atom. The first kappa shape index (κ1) is 23.4. The van der Waals surface area contributed by atoms with Gasteiger partial charge in [-0.05, 0) is 74.4 Å². The molecule has 0 radical (unpaired) electrons. The minimum absolute atomic E-state index is 0.0354. The van der Waals surface area contributed by atoms with Gasteiger partial charge in [-0.15, -0.1) is 0 Å². The molecule has 1 N–H and O–H groups in total. The third-order valence-electron chi connectivity index (χ3n) is 5.89. The topological polar surface area (TPSA) is 99.7 Å². The van der Waals surface area contributed by atoms with E-state index in [-0.39, 0.29) is 22.7 Å². The molecular formula is C25H26N4O4S. The highest BCUT2D eigenvalue weighted by atomic mass is 32.2. The number of nitrogens with one attached hydrogen (secondary N) is 1. The van der Waals surface area contributed by atoms with Crippen LogP contribution in [0.2, 0.25) is 0 Å². The minimum atomic E-state index is -3.81. The van der Waals surface area contributed by atoms with Gasteiger partial charge in [-0.2, -0.15) is 0 Å². The van der Waals surface area contributed by atoms with Gasteiger partial charge in [0.25, 0.3) is 21.8 Å². The molecule has 1 aliphatic rings. The number of hydrogen-bond donors (Lipinski definition) is 1. The molecule has 4 rings (SSSR count). The Bertz CT molecular complexity index is 1310. The lowest BCUT2D eigenvalue weighted by Crippen LogP contribution is -2.29. The van der Waals surface area contributed by atoms with Crippen LogP contribution in [0.15, 0.2) is 65.7 Å². The molecule has 0 fully saturated rings. The second kappa shape index (κ2) is 9.26. The second-order valence-electron chi connectivity index (χ2n) is 8.02. The molecule has 8 nitrogen and oxygen atoms in total. The van der Waals surface area contributed by atoms with Gasteiger partial charge in [0.05, 0.1) is 22.7 Å². The van der Waals surface area contributed by atoms with Crippen LogP contribution >= 0.6 is 0 Å². The standard InChI is InChI=1S/C25H26N4O4S/c1-4-28(5-2)19-10-13-22(17(3)15-19)27-34(32,33)20-11-8-18(9-12-20)16-29-24(30)21-7-6-14-26-23(21)25(29)31/h6-15,27H,4-5,16H2,1-3H3. The van der Waals surface area contributed by atoms with E-state index in [4.69, 9.17) is 0 Å². The number of carbonyl (C=O) groups excluding carboxylic acids is 2. The van der Waals surface area contributed by atoms with Gasteiger partial charge in [-0.3, -0.25) is 24.2 Å². The van der Waals surface area contributed by atoms with Crippen molar-refractivity contribution in [2.24, 2.45) is 0 Å². The summed E-state index contributed by atoms with van der Waals surface area (Å²) in [5, 5.41) is 0. The van der Waals surface area contributed by atoms with Crippen molar-refractivity contribution in [3.8, 4) is 0 Å². The van der Waals surface area contributed by atoms with Crippen molar-refractivity contribution >= 4 is 33.2 Å². The lowest BCUT2D eigenvalue weighted by Gasteiger charge is -2.22. The van der Waals surface area contributed by atoms with Crippen molar-refractivity contribution in [3.05, 3.63) is 83.2 Å². The van der Waals surface area contributed by atoms with E-state index in [1.807, 2.05) is 19.1 Å². The molecule has 0 unspecified atom stereocenters. The number of rotatable bonds is 8. The van der Waals surface area contributed by atoms with Gasteiger partial charge in [0.15, 0.2) is 0 Å². The predicted molar refractivity (Wildman–Crippen MR) is 130 cm³/mol. The zero-order valence-electron chi connectivity index (χ0n) is 19.3. The Morgan fingerprint density at radius 2 is 1.68 bits per heavy atom. The molecule has 0 bridgehead atoms. The average molecular weight is 479 g/mol.